The maximum atomic E-state index is 12.6. The van der Waals surface area contributed by atoms with Gasteiger partial charge in [0.2, 0.25) is 0 Å². The topological polar surface area (TPSA) is 41.6 Å². The van der Waals surface area contributed by atoms with Crippen LogP contribution in [-0.4, -0.2) is 37.6 Å². The van der Waals surface area contributed by atoms with Crippen molar-refractivity contribution in [1.29, 1.82) is 0 Å². The van der Waals surface area contributed by atoms with E-state index in [4.69, 9.17) is 4.74 Å². The number of amides is 1. The number of benzene rings is 2. The first kappa shape index (κ1) is 17.5. The number of methoxy groups -OCH3 is 1. The Kier molecular flexibility index (Phi) is 5.71. The fourth-order valence-corrected chi connectivity index (χ4v) is 3.42. The number of para-hydroxylation sites is 1. The highest BCUT2D eigenvalue weighted by atomic mass is 16.5. The van der Waals surface area contributed by atoms with Crippen LogP contribution in [0, 0.1) is 6.92 Å². The molecule has 1 aliphatic rings. The molecule has 3 rings (SSSR count). The quantitative estimate of drug-likeness (QED) is 0.875. The third-order valence-electron chi connectivity index (χ3n) is 4.85. The molecule has 1 N–H and O–H groups in total. The third kappa shape index (κ3) is 4.20. The van der Waals surface area contributed by atoms with Crippen LogP contribution in [0.4, 0.5) is 0 Å². The van der Waals surface area contributed by atoms with E-state index in [-0.39, 0.29) is 11.9 Å². The molecule has 0 aromatic heterocycles. The molecule has 132 valence electrons. The molecule has 1 saturated heterocycles. The van der Waals surface area contributed by atoms with Gasteiger partial charge in [0.15, 0.2) is 0 Å². The first-order chi connectivity index (χ1) is 12.2. The number of carbonyl (C=O) groups excluding carboxylic acids is 1. The van der Waals surface area contributed by atoms with Gasteiger partial charge in [-0.3, -0.25) is 9.69 Å². The zero-order valence-corrected chi connectivity index (χ0v) is 15.0. The second kappa shape index (κ2) is 8.17. The number of carbonyl (C=O) groups is 1. The molecular formula is C21H26N2O2. The molecule has 1 heterocycles. The van der Waals surface area contributed by atoms with Gasteiger partial charge in [-0.2, -0.15) is 0 Å². The number of aryl methyl sites for hydroxylation is 1. The minimum atomic E-state index is -0.0891. The van der Waals surface area contributed by atoms with Crippen LogP contribution in [0.15, 0.2) is 48.5 Å². The van der Waals surface area contributed by atoms with Crippen LogP contribution in [0.2, 0.25) is 0 Å². The van der Waals surface area contributed by atoms with Crippen LogP contribution in [0.3, 0.4) is 0 Å². The first-order valence-corrected chi connectivity index (χ1v) is 8.91. The Balaban J connectivity index is 1.74. The summed E-state index contributed by atoms with van der Waals surface area (Å²) in [5, 5.41) is 3.10. The lowest BCUT2D eigenvalue weighted by molar-refractivity contribution is 0.0935. The summed E-state index contributed by atoms with van der Waals surface area (Å²) in [4.78, 5) is 15.1. The second-order valence-electron chi connectivity index (χ2n) is 6.58. The summed E-state index contributed by atoms with van der Waals surface area (Å²) in [5.41, 5.74) is 3.09. The summed E-state index contributed by atoms with van der Waals surface area (Å²) in [7, 11) is 1.59. The number of nitrogens with zero attached hydrogens (tertiary/aromatic N) is 1. The lowest BCUT2D eigenvalue weighted by Gasteiger charge is -2.28. The average Bonchev–Trinajstić information content (AvgIpc) is 3.17. The summed E-state index contributed by atoms with van der Waals surface area (Å²) >= 11 is 0. The predicted octanol–water partition coefficient (Wildman–Crippen LogP) is 3.57. The Labute approximate surface area is 149 Å². The summed E-state index contributed by atoms with van der Waals surface area (Å²) in [6.07, 6.45) is 2.45. The Hall–Kier alpha value is -2.33. The molecular weight excluding hydrogens is 312 g/mol. The standard InChI is InChI=1S/C21H26N2O2/c1-16-9-11-17(12-10-16)19(23-13-5-6-14-23)15-22-21(24)18-7-3-4-8-20(18)25-2/h3-4,7-12,19H,5-6,13-15H2,1-2H3,(H,22,24). The average molecular weight is 338 g/mol. The Morgan fingerprint density at radius 1 is 1.12 bits per heavy atom. The molecule has 25 heavy (non-hydrogen) atoms. The van der Waals surface area contributed by atoms with Crippen molar-refractivity contribution >= 4 is 5.91 Å². The highest BCUT2D eigenvalue weighted by Crippen LogP contribution is 2.25. The molecule has 0 saturated carbocycles. The highest BCUT2D eigenvalue weighted by Gasteiger charge is 2.24. The molecule has 1 unspecified atom stereocenters. The minimum absolute atomic E-state index is 0.0891. The van der Waals surface area contributed by atoms with Gasteiger partial charge in [-0.05, 0) is 50.6 Å². The van der Waals surface area contributed by atoms with Crippen molar-refractivity contribution in [3.8, 4) is 5.75 Å². The molecule has 4 heteroatoms. The number of nitrogens with one attached hydrogen (secondary N) is 1. The lowest BCUT2D eigenvalue weighted by atomic mass is 10.0. The van der Waals surface area contributed by atoms with Gasteiger partial charge in [0, 0.05) is 6.54 Å². The van der Waals surface area contributed by atoms with Gasteiger partial charge in [0.25, 0.3) is 5.91 Å². The first-order valence-electron chi connectivity index (χ1n) is 8.91. The van der Waals surface area contributed by atoms with Crippen LogP contribution in [0.25, 0.3) is 0 Å². The Morgan fingerprint density at radius 3 is 2.48 bits per heavy atom. The van der Waals surface area contributed by atoms with E-state index < -0.39 is 0 Å². The molecule has 2 aromatic rings. The number of hydrogen-bond donors (Lipinski definition) is 1. The van der Waals surface area contributed by atoms with Gasteiger partial charge in [-0.25, -0.2) is 0 Å². The van der Waals surface area contributed by atoms with E-state index in [2.05, 4.69) is 41.4 Å². The molecule has 0 spiro atoms. The van der Waals surface area contributed by atoms with Gasteiger partial charge < -0.3 is 10.1 Å². The van der Waals surface area contributed by atoms with E-state index in [9.17, 15) is 4.79 Å². The van der Waals surface area contributed by atoms with Crippen molar-refractivity contribution in [3.63, 3.8) is 0 Å². The maximum absolute atomic E-state index is 12.6. The number of rotatable bonds is 6. The normalized spacial score (nSPS) is 15.8. The molecule has 1 amide bonds. The van der Waals surface area contributed by atoms with Gasteiger partial charge in [-0.15, -0.1) is 0 Å². The summed E-state index contributed by atoms with van der Waals surface area (Å²) in [6.45, 7) is 4.87. The zero-order chi connectivity index (χ0) is 17.6. The van der Waals surface area contributed by atoms with Gasteiger partial charge in [-0.1, -0.05) is 42.0 Å². The summed E-state index contributed by atoms with van der Waals surface area (Å²) in [6, 6.07) is 16.2. The minimum Gasteiger partial charge on any atom is -0.496 e. The smallest absolute Gasteiger partial charge is 0.255 e. The van der Waals surface area contributed by atoms with E-state index in [0.29, 0.717) is 17.9 Å². The zero-order valence-electron chi connectivity index (χ0n) is 15.0. The van der Waals surface area contributed by atoms with Crippen molar-refractivity contribution in [2.75, 3.05) is 26.7 Å². The number of hydrogen-bond acceptors (Lipinski definition) is 3. The second-order valence-corrected chi connectivity index (χ2v) is 6.58. The van der Waals surface area contributed by atoms with E-state index in [1.165, 1.54) is 24.0 Å². The van der Waals surface area contributed by atoms with Gasteiger partial charge in [0.1, 0.15) is 5.75 Å². The molecule has 0 aliphatic carbocycles. The van der Waals surface area contributed by atoms with Gasteiger partial charge in [0.05, 0.1) is 18.7 Å². The largest absolute Gasteiger partial charge is 0.496 e. The Morgan fingerprint density at radius 2 is 1.80 bits per heavy atom. The van der Waals surface area contributed by atoms with Crippen LogP contribution < -0.4 is 10.1 Å². The maximum Gasteiger partial charge on any atom is 0.255 e. The van der Waals surface area contributed by atoms with Crippen molar-refractivity contribution in [1.82, 2.24) is 10.2 Å². The van der Waals surface area contributed by atoms with E-state index in [0.717, 1.165) is 13.1 Å². The lowest BCUT2D eigenvalue weighted by Crippen LogP contribution is -2.36. The van der Waals surface area contributed by atoms with E-state index in [1.54, 1.807) is 13.2 Å². The van der Waals surface area contributed by atoms with Crippen molar-refractivity contribution in [3.05, 3.63) is 65.2 Å². The van der Waals surface area contributed by atoms with Crippen molar-refractivity contribution in [2.24, 2.45) is 0 Å². The molecule has 0 bridgehead atoms. The molecule has 1 fully saturated rings. The molecule has 1 aliphatic heterocycles. The predicted molar refractivity (Wildman–Crippen MR) is 100 cm³/mol. The van der Waals surface area contributed by atoms with Crippen molar-refractivity contribution in [2.45, 2.75) is 25.8 Å². The molecule has 1 atom stereocenters. The fraction of sp³-hybridized carbons (Fsp3) is 0.381. The summed E-state index contributed by atoms with van der Waals surface area (Å²) in [5.74, 6) is 0.516. The van der Waals surface area contributed by atoms with Gasteiger partial charge >= 0.3 is 0 Å². The van der Waals surface area contributed by atoms with Crippen LogP contribution in [0.1, 0.15) is 40.4 Å². The van der Waals surface area contributed by atoms with E-state index in [1.807, 2.05) is 18.2 Å². The molecule has 0 radical (unpaired) electrons. The number of likely N-dealkylation sites (tertiary alicyclic amines) is 1. The van der Waals surface area contributed by atoms with Crippen molar-refractivity contribution < 1.29 is 9.53 Å². The fourth-order valence-electron chi connectivity index (χ4n) is 3.42. The van der Waals surface area contributed by atoms with E-state index >= 15 is 0 Å². The SMILES string of the molecule is COc1ccccc1C(=O)NCC(c1ccc(C)cc1)N1CCCC1. The number of ether oxygens (including phenoxy) is 1. The highest BCUT2D eigenvalue weighted by molar-refractivity contribution is 5.96. The Bertz CT molecular complexity index is 706. The monoisotopic (exact) mass is 338 g/mol. The molecule has 2 aromatic carbocycles. The summed E-state index contributed by atoms with van der Waals surface area (Å²) < 4.78 is 5.30. The third-order valence-corrected chi connectivity index (χ3v) is 4.85. The van der Waals surface area contributed by atoms with Crippen LogP contribution in [-0.2, 0) is 0 Å². The molecule has 4 nitrogen and oxygen atoms in total. The van der Waals surface area contributed by atoms with Crippen LogP contribution >= 0.6 is 0 Å². The van der Waals surface area contributed by atoms with Crippen LogP contribution in [0.5, 0.6) is 5.75 Å².